The van der Waals surface area contributed by atoms with E-state index in [-0.39, 0.29) is 27.5 Å². The SMILES string of the molecule is CON(C)S(=O)(=O)c1cccc(C(=O)OCC(=O)Nc2ccccc2C(=O)c2ccccc2)c1. The minimum atomic E-state index is -3.96. The molecular weight excluding hydrogens is 460 g/mol. The summed E-state index contributed by atoms with van der Waals surface area (Å²) < 4.78 is 30.4. The average Bonchev–Trinajstić information content (AvgIpc) is 2.87. The van der Waals surface area contributed by atoms with Gasteiger partial charge in [0, 0.05) is 18.2 Å². The number of rotatable bonds is 9. The molecule has 0 fully saturated rings. The van der Waals surface area contributed by atoms with Crippen molar-refractivity contribution in [2.75, 3.05) is 26.1 Å². The molecule has 3 aromatic rings. The van der Waals surface area contributed by atoms with E-state index >= 15 is 0 Å². The van der Waals surface area contributed by atoms with Crippen molar-refractivity contribution in [3.05, 3.63) is 95.6 Å². The molecule has 0 bridgehead atoms. The lowest BCUT2D eigenvalue weighted by molar-refractivity contribution is -0.119. The topological polar surface area (TPSA) is 119 Å². The number of benzene rings is 3. The molecular formula is C24H22N2O7S. The lowest BCUT2D eigenvalue weighted by Gasteiger charge is -2.14. The van der Waals surface area contributed by atoms with Crippen molar-refractivity contribution in [3.63, 3.8) is 0 Å². The Labute approximate surface area is 196 Å². The van der Waals surface area contributed by atoms with Crippen LogP contribution >= 0.6 is 0 Å². The number of nitrogens with one attached hydrogen (secondary N) is 1. The first-order valence-electron chi connectivity index (χ1n) is 10.0. The molecule has 1 N–H and O–H groups in total. The number of ketones is 1. The van der Waals surface area contributed by atoms with E-state index in [2.05, 4.69) is 5.32 Å². The van der Waals surface area contributed by atoms with Crippen LogP contribution in [0.15, 0.2) is 83.8 Å². The zero-order valence-corrected chi connectivity index (χ0v) is 19.2. The van der Waals surface area contributed by atoms with Crippen LogP contribution < -0.4 is 5.32 Å². The molecule has 0 saturated heterocycles. The van der Waals surface area contributed by atoms with Crippen LogP contribution in [0.1, 0.15) is 26.3 Å². The predicted octanol–water partition coefficient (Wildman–Crippen LogP) is 2.90. The van der Waals surface area contributed by atoms with Crippen molar-refractivity contribution < 1.29 is 32.4 Å². The Balaban J connectivity index is 1.67. The number of carbonyl (C=O) groups is 3. The van der Waals surface area contributed by atoms with Crippen molar-refractivity contribution >= 4 is 33.4 Å². The Hall–Kier alpha value is -3.86. The van der Waals surface area contributed by atoms with E-state index in [1.54, 1.807) is 54.6 Å². The van der Waals surface area contributed by atoms with Gasteiger partial charge in [-0.05, 0) is 30.3 Å². The smallest absolute Gasteiger partial charge is 0.338 e. The summed E-state index contributed by atoms with van der Waals surface area (Å²) in [5.41, 5.74) is 0.962. The summed E-state index contributed by atoms with van der Waals surface area (Å²) in [7, 11) is -1.55. The van der Waals surface area contributed by atoms with E-state index in [0.717, 1.165) is 6.07 Å². The largest absolute Gasteiger partial charge is 0.452 e. The highest BCUT2D eigenvalue weighted by Crippen LogP contribution is 2.20. The zero-order chi connectivity index (χ0) is 24.7. The molecule has 3 rings (SSSR count). The molecule has 34 heavy (non-hydrogen) atoms. The molecule has 0 aromatic heterocycles. The fourth-order valence-corrected chi connectivity index (χ4v) is 3.99. The monoisotopic (exact) mass is 482 g/mol. The molecule has 1 amide bonds. The maximum atomic E-state index is 12.8. The van der Waals surface area contributed by atoms with Gasteiger partial charge in [0.05, 0.1) is 23.3 Å². The summed E-state index contributed by atoms with van der Waals surface area (Å²) in [4.78, 5) is 42.1. The van der Waals surface area contributed by atoms with Crippen LogP contribution in [0.25, 0.3) is 0 Å². The van der Waals surface area contributed by atoms with Gasteiger partial charge < -0.3 is 10.1 Å². The van der Waals surface area contributed by atoms with Crippen molar-refractivity contribution in [2.45, 2.75) is 4.90 Å². The quantitative estimate of drug-likeness (QED) is 0.283. The highest BCUT2D eigenvalue weighted by atomic mass is 32.2. The number of hydroxylamine groups is 1. The number of nitrogens with zero attached hydrogens (tertiary/aromatic N) is 1. The number of ether oxygens (including phenoxy) is 1. The van der Waals surface area contributed by atoms with Crippen molar-refractivity contribution in [3.8, 4) is 0 Å². The zero-order valence-electron chi connectivity index (χ0n) is 18.4. The molecule has 3 aromatic carbocycles. The number of hydrogen-bond donors (Lipinski definition) is 1. The Kier molecular flexibility index (Phi) is 7.90. The maximum absolute atomic E-state index is 12.8. The molecule has 0 aliphatic rings. The van der Waals surface area contributed by atoms with Gasteiger partial charge in [-0.25, -0.2) is 13.2 Å². The number of para-hydroxylation sites is 1. The second-order valence-corrected chi connectivity index (χ2v) is 8.93. The van der Waals surface area contributed by atoms with Crippen LogP contribution in [0.5, 0.6) is 0 Å². The van der Waals surface area contributed by atoms with E-state index in [1.807, 2.05) is 0 Å². The highest BCUT2D eigenvalue weighted by molar-refractivity contribution is 7.89. The molecule has 0 unspecified atom stereocenters. The van der Waals surface area contributed by atoms with Crippen LogP contribution in [-0.2, 0) is 24.4 Å². The van der Waals surface area contributed by atoms with Gasteiger partial charge >= 0.3 is 5.97 Å². The van der Waals surface area contributed by atoms with E-state index in [4.69, 9.17) is 9.57 Å². The number of sulfonamides is 1. The van der Waals surface area contributed by atoms with Gasteiger partial charge in [0.15, 0.2) is 12.4 Å². The summed E-state index contributed by atoms with van der Waals surface area (Å²) in [6, 6.07) is 20.2. The van der Waals surface area contributed by atoms with E-state index < -0.39 is 28.5 Å². The van der Waals surface area contributed by atoms with E-state index in [0.29, 0.717) is 10.0 Å². The predicted molar refractivity (Wildman–Crippen MR) is 124 cm³/mol. The first-order valence-corrected chi connectivity index (χ1v) is 11.5. The van der Waals surface area contributed by atoms with Crippen molar-refractivity contribution in [1.82, 2.24) is 4.47 Å². The van der Waals surface area contributed by atoms with Gasteiger partial charge in [-0.1, -0.05) is 53.0 Å². The molecule has 0 aliphatic carbocycles. The van der Waals surface area contributed by atoms with Gasteiger partial charge in [-0.2, -0.15) is 0 Å². The maximum Gasteiger partial charge on any atom is 0.338 e. The van der Waals surface area contributed by atoms with Gasteiger partial charge in [0.1, 0.15) is 0 Å². The molecule has 0 heterocycles. The fraction of sp³-hybridized carbons (Fsp3) is 0.125. The second-order valence-electron chi connectivity index (χ2n) is 6.99. The third-order valence-electron chi connectivity index (χ3n) is 4.78. The number of hydrogen-bond acceptors (Lipinski definition) is 7. The number of anilines is 1. The van der Waals surface area contributed by atoms with Gasteiger partial charge in [-0.3, -0.25) is 14.4 Å². The summed E-state index contributed by atoms with van der Waals surface area (Å²) in [5.74, 6) is -1.82. The first-order chi connectivity index (χ1) is 16.2. The molecule has 9 nitrogen and oxygen atoms in total. The van der Waals surface area contributed by atoms with E-state index in [9.17, 15) is 22.8 Å². The van der Waals surface area contributed by atoms with Crippen LogP contribution in [0.3, 0.4) is 0 Å². The average molecular weight is 483 g/mol. The van der Waals surface area contributed by atoms with Crippen molar-refractivity contribution in [2.24, 2.45) is 0 Å². The molecule has 10 heteroatoms. The third kappa shape index (κ3) is 5.73. The third-order valence-corrected chi connectivity index (χ3v) is 6.45. The van der Waals surface area contributed by atoms with Crippen LogP contribution in [-0.4, -0.2) is 51.3 Å². The summed E-state index contributed by atoms with van der Waals surface area (Å²) in [5, 5.41) is 2.57. The van der Waals surface area contributed by atoms with Crippen LogP contribution in [0, 0.1) is 0 Å². The van der Waals surface area contributed by atoms with Crippen molar-refractivity contribution in [1.29, 1.82) is 0 Å². The summed E-state index contributed by atoms with van der Waals surface area (Å²) >= 11 is 0. The lowest BCUT2D eigenvalue weighted by Crippen LogP contribution is -2.26. The number of carbonyl (C=O) groups excluding carboxylic acids is 3. The number of amides is 1. The fourth-order valence-electron chi connectivity index (χ4n) is 2.97. The van der Waals surface area contributed by atoms with Crippen LogP contribution in [0.2, 0.25) is 0 Å². The molecule has 0 spiro atoms. The Morgan fingerprint density at radius 1 is 0.882 bits per heavy atom. The minimum absolute atomic E-state index is 0.0574. The minimum Gasteiger partial charge on any atom is -0.452 e. The van der Waals surface area contributed by atoms with Gasteiger partial charge in [-0.15, -0.1) is 0 Å². The van der Waals surface area contributed by atoms with Gasteiger partial charge in [0.2, 0.25) is 0 Å². The standard InChI is InChI=1S/C24H22N2O7S/c1-26(32-2)34(30,31)19-12-8-11-18(15-19)24(29)33-16-22(27)25-21-14-7-6-13-20(21)23(28)17-9-4-3-5-10-17/h3-15H,16H2,1-2H3,(H,25,27). The Morgan fingerprint density at radius 3 is 2.24 bits per heavy atom. The van der Waals surface area contributed by atoms with Crippen LogP contribution in [0.4, 0.5) is 5.69 Å². The van der Waals surface area contributed by atoms with Gasteiger partial charge in [0.25, 0.3) is 15.9 Å². The highest BCUT2D eigenvalue weighted by Gasteiger charge is 2.22. The number of esters is 1. The molecule has 0 atom stereocenters. The first kappa shape index (κ1) is 24.8. The summed E-state index contributed by atoms with van der Waals surface area (Å²) in [6.07, 6.45) is 0. The molecule has 176 valence electrons. The Morgan fingerprint density at radius 2 is 1.53 bits per heavy atom. The Bertz CT molecular complexity index is 1310. The molecule has 0 radical (unpaired) electrons. The lowest BCUT2D eigenvalue weighted by atomic mass is 10.0. The molecule has 0 aliphatic heterocycles. The van der Waals surface area contributed by atoms with E-state index in [1.165, 1.54) is 32.4 Å². The molecule has 0 saturated carbocycles. The summed E-state index contributed by atoms with van der Waals surface area (Å²) in [6.45, 7) is -0.637. The second kappa shape index (κ2) is 10.8. The normalized spacial score (nSPS) is 11.1.